The molecule has 0 saturated carbocycles. The Morgan fingerprint density at radius 1 is 1.36 bits per heavy atom. The highest BCUT2D eigenvalue weighted by atomic mass is 32.2. The summed E-state index contributed by atoms with van der Waals surface area (Å²) in [6, 6.07) is 0. The van der Waals surface area contributed by atoms with E-state index in [0.29, 0.717) is 12.4 Å². The Morgan fingerprint density at radius 3 is 2.45 bits per heavy atom. The van der Waals surface area contributed by atoms with Crippen molar-refractivity contribution in [3.63, 3.8) is 0 Å². The Kier molecular flexibility index (Phi) is 6.20. The molecule has 68 valence electrons. The van der Waals surface area contributed by atoms with E-state index < -0.39 is 8.32 Å². The van der Waals surface area contributed by atoms with E-state index in [2.05, 4.69) is 29.0 Å². The van der Waals surface area contributed by atoms with Crippen LogP contribution in [-0.2, 0) is 13.8 Å². The third kappa shape index (κ3) is 10.4. The van der Waals surface area contributed by atoms with Crippen LogP contribution in [-0.4, -0.2) is 25.9 Å². The number of hydrogen-bond donors (Lipinski definition) is 1. The van der Waals surface area contributed by atoms with Gasteiger partial charge in [-0.25, -0.2) is 5.26 Å². The molecule has 0 bridgehead atoms. The quantitative estimate of drug-likeness (QED) is 0.232. The first kappa shape index (κ1) is 11.4. The van der Waals surface area contributed by atoms with Crippen molar-refractivity contribution in [2.75, 3.05) is 12.4 Å². The molecule has 6 heteroatoms. The molecule has 0 aromatic heterocycles. The third-order valence-electron chi connectivity index (χ3n) is 0.780. The molecule has 0 unspecified atom stereocenters. The summed E-state index contributed by atoms with van der Waals surface area (Å²) >= 11 is 1.02. The molecule has 0 aliphatic heterocycles. The Bertz CT molecular complexity index is 95.0. The van der Waals surface area contributed by atoms with Crippen molar-refractivity contribution >= 4 is 20.4 Å². The van der Waals surface area contributed by atoms with E-state index >= 15 is 0 Å². The molecule has 0 amide bonds. The highest BCUT2D eigenvalue weighted by molar-refractivity contribution is 7.94. The summed E-state index contributed by atoms with van der Waals surface area (Å²) < 4.78 is 9.63. The van der Waals surface area contributed by atoms with Crippen molar-refractivity contribution in [2.24, 2.45) is 0 Å². The van der Waals surface area contributed by atoms with E-state index in [1.807, 2.05) is 0 Å². The van der Waals surface area contributed by atoms with E-state index in [9.17, 15) is 0 Å². The van der Waals surface area contributed by atoms with Gasteiger partial charge in [-0.15, -0.1) is 4.33 Å². The van der Waals surface area contributed by atoms with Crippen molar-refractivity contribution in [3.8, 4) is 0 Å². The van der Waals surface area contributed by atoms with Crippen LogP contribution in [0.1, 0.15) is 0 Å². The van der Waals surface area contributed by atoms with E-state index in [4.69, 9.17) is 9.68 Å². The molecule has 4 nitrogen and oxygen atoms in total. The maximum absolute atomic E-state index is 7.75. The van der Waals surface area contributed by atoms with Crippen LogP contribution in [0.25, 0.3) is 0 Å². The fourth-order valence-corrected chi connectivity index (χ4v) is 1.56. The first-order valence-corrected chi connectivity index (χ1v) is 7.62. The summed E-state index contributed by atoms with van der Waals surface area (Å²) in [4.78, 5) is 0. The van der Waals surface area contributed by atoms with Gasteiger partial charge in [0.05, 0.1) is 0 Å². The van der Waals surface area contributed by atoms with Gasteiger partial charge in [-0.2, -0.15) is 0 Å². The van der Waals surface area contributed by atoms with Gasteiger partial charge in [-0.05, 0) is 19.6 Å². The molecule has 0 aromatic rings. The Labute approximate surface area is 72.0 Å². The van der Waals surface area contributed by atoms with Gasteiger partial charge in [0, 0.05) is 24.4 Å². The van der Waals surface area contributed by atoms with E-state index in [1.54, 1.807) is 0 Å². The minimum atomic E-state index is -1.39. The summed E-state index contributed by atoms with van der Waals surface area (Å²) in [6.07, 6.45) is 0. The Balaban J connectivity index is 3.02. The summed E-state index contributed by atoms with van der Waals surface area (Å²) in [5, 5.41) is 11.1. The second kappa shape index (κ2) is 5.98. The average Bonchev–Trinajstić information content (AvgIpc) is 1.85. The number of hydrogen-bond acceptors (Lipinski definition) is 5. The molecule has 11 heavy (non-hydrogen) atoms. The molecule has 0 fully saturated rings. The zero-order valence-corrected chi connectivity index (χ0v) is 8.81. The molecule has 0 spiro atoms. The molecule has 0 saturated heterocycles. The molecule has 0 aliphatic rings. The second-order valence-corrected chi connectivity index (χ2v) is 8.22. The zero-order valence-electron chi connectivity index (χ0n) is 6.99. The lowest BCUT2D eigenvalue weighted by atomic mass is 10.9. The normalized spacial score (nSPS) is 12.0. The maximum Gasteiger partial charge on any atom is 0.183 e. The largest absolute Gasteiger partial charge is 0.417 e. The predicted octanol–water partition coefficient (Wildman–Crippen LogP) is 1.91. The van der Waals surface area contributed by atoms with Gasteiger partial charge in [0.1, 0.15) is 0 Å². The van der Waals surface area contributed by atoms with Crippen LogP contribution in [0.2, 0.25) is 19.6 Å². The van der Waals surface area contributed by atoms with Crippen LogP contribution < -0.4 is 0 Å². The summed E-state index contributed by atoms with van der Waals surface area (Å²) in [5.41, 5.74) is 0. The highest BCUT2D eigenvalue weighted by Crippen LogP contribution is 2.06. The zero-order chi connectivity index (χ0) is 8.74. The van der Waals surface area contributed by atoms with Crippen molar-refractivity contribution in [3.05, 3.63) is 0 Å². The van der Waals surface area contributed by atoms with Crippen LogP contribution in [0.5, 0.6) is 0 Å². The smallest absolute Gasteiger partial charge is 0.183 e. The molecule has 0 heterocycles. The fraction of sp³-hybridized carbons (Fsp3) is 1.00. The molecule has 0 radical (unpaired) electrons. The van der Waals surface area contributed by atoms with Gasteiger partial charge in [0.25, 0.3) is 0 Å². The molecule has 0 atom stereocenters. The van der Waals surface area contributed by atoms with Gasteiger partial charge >= 0.3 is 0 Å². The van der Waals surface area contributed by atoms with Crippen molar-refractivity contribution in [1.29, 1.82) is 0 Å². The van der Waals surface area contributed by atoms with Gasteiger partial charge in [0.2, 0.25) is 0 Å². The molecule has 0 aromatic carbocycles. The van der Waals surface area contributed by atoms with Gasteiger partial charge in [-0.3, -0.25) is 0 Å². The average molecular weight is 198 g/mol. The Morgan fingerprint density at radius 2 is 2.00 bits per heavy atom. The Hall–Kier alpha value is 0.407. The highest BCUT2D eigenvalue weighted by Gasteiger charge is 2.13. The first-order valence-electron chi connectivity index (χ1n) is 3.30. The lowest BCUT2D eigenvalue weighted by Crippen LogP contribution is -2.26. The van der Waals surface area contributed by atoms with Crippen LogP contribution in [0.15, 0.2) is 0 Å². The standard InChI is InChI=1S/C5H14O4SSi/c1-11(2,3)7-4-5-10-9-8-6/h6H,4-5H2,1-3H3. The lowest BCUT2D eigenvalue weighted by molar-refractivity contribution is -0.432. The van der Waals surface area contributed by atoms with Gasteiger partial charge in [-0.1, -0.05) is 5.04 Å². The van der Waals surface area contributed by atoms with Gasteiger partial charge < -0.3 is 4.43 Å². The summed E-state index contributed by atoms with van der Waals surface area (Å²) in [6.45, 7) is 6.97. The van der Waals surface area contributed by atoms with Crippen molar-refractivity contribution in [2.45, 2.75) is 19.6 Å². The van der Waals surface area contributed by atoms with E-state index in [1.165, 1.54) is 0 Å². The van der Waals surface area contributed by atoms with E-state index in [0.717, 1.165) is 12.0 Å². The van der Waals surface area contributed by atoms with Gasteiger partial charge in [0.15, 0.2) is 8.32 Å². The fourth-order valence-electron chi connectivity index (χ4n) is 0.437. The van der Waals surface area contributed by atoms with Crippen molar-refractivity contribution in [1.82, 2.24) is 0 Å². The molecule has 1 N–H and O–H groups in total. The minimum Gasteiger partial charge on any atom is -0.417 e. The first-order chi connectivity index (χ1) is 5.06. The monoisotopic (exact) mass is 198 g/mol. The van der Waals surface area contributed by atoms with Crippen LogP contribution >= 0.6 is 12.0 Å². The van der Waals surface area contributed by atoms with Crippen LogP contribution in [0.4, 0.5) is 0 Å². The predicted molar refractivity (Wildman–Crippen MR) is 46.6 cm³/mol. The SMILES string of the molecule is C[Si](C)(C)OCCSOOO. The summed E-state index contributed by atoms with van der Waals surface area (Å²) in [5.74, 6) is 0.658. The maximum atomic E-state index is 7.75. The van der Waals surface area contributed by atoms with Crippen LogP contribution in [0, 0.1) is 0 Å². The number of rotatable bonds is 6. The summed E-state index contributed by atoms with van der Waals surface area (Å²) in [7, 11) is -1.39. The molecule has 0 aliphatic carbocycles. The topological polar surface area (TPSA) is 47.9 Å². The second-order valence-electron chi connectivity index (χ2n) is 2.93. The lowest BCUT2D eigenvalue weighted by Gasteiger charge is -2.15. The minimum absolute atomic E-state index is 0.629. The third-order valence-corrected chi connectivity index (χ3v) is 2.34. The van der Waals surface area contributed by atoms with E-state index in [-0.39, 0.29) is 0 Å². The molecular weight excluding hydrogens is 184 g/mol. The van der Waals surface area contributed by atoms with Crippen LogP contribution in [0.3, 0.4) is 0 Å². The molecular formula is C5H14O4SSi. The van der Waals surface area contributed by atoms with Crippen molar-refractivity contribution < 1.29 is 19.1 Å². The molecule has 0 rings (SSSR count).